The molecule has 13 heavy (non-hydrogen) atoms. The second kappa shape index (κ2) is 4.04. The van der Waals surface area contributed by atoms with Crippen LogP contribution in [0.4, 0.5) is 0 Å². The molecule has 0 amide bonds. The molecule has 1 heterocycles. The van der Waals surface area contributed by atoms with E-state index in [2.05, 4.69) is 5.10 Å². The van der Waals surface area contributed by atoms with Crippen molar-refractivity contribution in [2.75, 3.05) is 6.54 Å². The van der Waals surface area contributed by atoms with E-state index in [0.29, 0.717) is 6.54 Å². The van der Waals surface area contributed by atoms with Gasteiger partial charge in [-0.2, -0.15) is 5.10 Å². The Balaban J connectivity index is 2.78. The van der Waals surface area contributed by atoms with Crippen molar-refractivity contribution in [1.82, 2.24) is 9.78 Å². The number of nitrogens with zero attached hydrogens (tertiary/aromatic N) is 2. The van der Waals surface area contributed by atoms with Crippen LogP contribution in [0.5, 0.6) is 0 Å². The Hall–Kier alpha value is -1.36. The minimum Gasteiger partial charge on any atom is -0.481 e. The molecule has 0 saturated heterocycles. The van der Waals surface area contributed by atoms with Crippen LogP contribution in [-0.2, 0) is 11.8 Å². The summed E-state index contributed by atoms with van der Waals surface area (Å²) in [6.45, 7) is 0.325. The summed E-state index contributed by atoms with van der Waals surface area (Å²) in [5.74, 6) is -0.985. The van der Waals surface area contributed by atoms with Crippen molar-refractivity contribution in [1.29, 1.82) is 0 Å². The van der Waals surface area contributed by atoms with E-state index < -0.39 is 5.97 Å². The lowest BCUT2D eigenvalue weighted by Gasteiger charge is -2.11. The molecule has 72 valence electrons. The van der Waals surface area contributed by atoms with Gasteiger partial charge >= 0.3 is 5.97 Å². The molecule has 0 saturated carbocycles. The third-order valence-electron chi connectivity index (χ3n) is 1.98. The summed E-state index contributed by atoms with van der Waals surface area (Å²) < 4.78 is 1.65. The highest BCUT2D eigenvalue weighted by Gasteiger charge is 2.16. The fourth-order valence-electron chi connectivity index (χ4n) is 1.30. The van der Waals surface area contributed by atoms with Crippen molar-refractivity contribution in [3.05, 3.63) is 18.0 Å². The van der Waals surface area contributed by atoms with Crippen LogP contribution in [0.15, 0.2) is 12.3 Å². The number of hydrogen-bond acceptors (Lipinski definition) is 3. The van der Waals surface area contributed by atoms with E-state index in [1.54, 1.807) is 24.0 Å². The third kappa shape index (κ3) is 2.29. The molecule has 0 aliphatic carbocycles. The van der Waals surface area contributed by atoms with Crippen molar-refractivity contribution in [3.8, 4) is 0 Å². The molecule has 0 aliphatic rings. The lowest BCUT2D eigenvalue weighted by Crippen LogP contribution is -2.18. The van der Waals surface area contributed by atoms with E-state index in [1.807, 2.05) is 0 Å². The van der Waals surface area contributed by atoms with Gasteiger partial charge in [-0.1, -0.05) is 0 Å². The summed E-state index contributed by atoms with van der Waals surface area (Å²) in [6.07, 6.45) is 1.69. The number of carboxylic acids is 1. The molecule has 5 nitrogen and oxygen atoms in total. The molecule has 1 atom stereocenters. The standard InChI is InChI=1S/C8H13N3O2/c1-11-7(2-3-10-11)6(5-9)4-8(12)13/h2-3,6H,4-5,9H2,1H3,(H,12,13). The monoisotopic (exact) mass is 183 g/mol. The van der Waals surface area contributed by atoms with Gasteiger partial charge in [0, 0.05) is 31.4 Å². The number of aryl methyl sites for hydroxylation is 1. The van der Waals surface area contributed by atoms with Crippen LogP contribution in [0.2, 0.25) is 0 Å². The zero-order valence-corrected chi connectivity index (χ0v) is 7.47. The Kier molecular flexibility index (Phi) is 3.02. The van der Waals surface area contributed by atoms with Gasteiger partial charge in [-0.25, -0.2) is 0 Å². The molecule has 3 N–H and O–H groups in total. The van der Waals surface area contributed by atoms with Crippen LogP contribution >= 0.6 is 0 Å². The van der Waals surface area contributed by atoms with E-state index >= 15 is 0 Å². The number of aliphatic carboxylic acids is 1. The van der Waals surface area contributed by atoms with E-state index in [9.17, 15) is 4.79 Å². The Morgan fingerprint density at radius 3 is 2.92 bits per heavy atom. The van der Waals surface area contributed by atoms with Crippen molar-refractivity contribution < 1.29 is 9.90 Å². The predicted octanol–water partition coefficient (Wildman–Crippen LogP) is -0.0629. The smallest absolute Gasteiger partial charge is 0.304 e. The quantitative estimate of drug-likeness (QED) is 0.685. The van der Waals surface area contributed by atoms with Crippen LogP contribution < -0.4 is 5.73 Å². The SMILES string of the molecule is Cn1nccc1C(CN)CC(=O)O. The minimum atomic E-state index is -0.836. The van der Waals surface area contributed by atoms with Crippen molar-refractivity contribution >= 4 is 5.97 Å². The summed E-state index contributed by atoms with van der Waals surface area (Å²) in [6, 6.07) is 1.79. The topological polar surface area (TPSA) is 81.1 Å². The molecule has 1 aromatic rings. The van der Waals surface area contributed by atoms with Crippen LogP contribution in [0.3, 0.4) is 0 Å². The normalized spacial score (nSPS) is 12.8. The molecule has 0 radical (unpaired) electrons. The Morgan fingerprint density at radius 1 is 1.85 bits per heavy atom. The number of aromatic nitrogens is 2. The summed E-state index contributed by atoms with van der Waals surface area (Å²) in [7, 11) is 1.78. The highest BCUT2D eigenvalue weighted by atomic mass is 16.4. The predicted molar refractivity (Wildman–Crippen MR) is 47.3 cm³/mol. The summed E-state index contributed by atoms with van der Waals surface area (Å²) >= 11 is 0. The van der Waals surface area contributed by atoms with Gasteiger partial charge in [0.1, 0.15) is 0 Å². The van der Waals surface area contributed by atoms with E-state index in [4.69, 9.17) is 10.8 Å². The molecule has 0 spiro atoms. The van der Waals surface area contributed by atoms with E-state index in [0.717, 1.165) is 5.69 Å². The van der Waals surface area contributed by atoms with Gasteiger partial charge in [0.05, 0.1) is 6.42 Å². The highest BCUT2D eigenvalue weighted by molar-refractivity contribution is 5.67. The van der Waals surface area contributed by atoms with Gasteiger partial charge < -0.3 is 10.8 Å². The maximum atomic E-state index is 10.5. The molecule has 0 aromatic carbocycles. The Morgan fingerprint density at radius 2 is 2.54 bits per heavy atom. The zero-order valence-electron chi connectivity index (χ0n) is 7.47. The van der Waals surface area contributed by atoms with Crippen molar-refractivity contribution in [3.63, 3.8) is 0 Å². The molecule has 0 aliphatic heterocycles. The molecule has 0 bridgehead atoms. The first-order valence-corrected chi connectivity index (χ1v) is 4.05. The number of nitrogens with two attached hydrogens (primary N) is 1. The molecular formula is C8H13N3O2. The van der Waals surface area contributed by atoms with Crippen LogP contribution in [0.1, 0.15) is 18.0 Å². The first-order valence-electron chi connectivity index (χ1n) is 4.05. The average Bonchev–Trinajstić information content (AvgIpc) is 2.47. The van der Waals surface area contributed by atoms with Gasteiger partial charge in [0.15, 0.2) is 0 Å². The number of carboxylic acid groups (broad SMARTS) is 1. The first-order chi connectivity index (χ1) is 6.15. The first kappa shape index (κ1) is 9.73. The lowest BCUT2D eigenvalue weighted by molar-refractivity contribution is -0.137. The molecular weight excluding hydrogens is 170 g/mol. The molecule has 1 rings (SSSR count). The number of carbonyl (C=O) groups is 1. The molecule has 1 aromatic heterocycles. The number of rotatable bonds is 4. The second-order valence-electron chi connectivity index (χ2n) is 2.91. The fraction of sp³-hybridized carbons (Fsp3) is 0.500. The Bertz CT molecular complexity index is 295. The van der Waals surface area contributed by atoms with Gasteiger partial charge in [0.2, 0.25) is 0 Å². The van der Waals surface area contributed by atoms with Crippen molar-refractivity contribution in [2.45, 2.75) is 12.3 Å². The second-order valence-corrected chi connectivity index (χ2v) is 2.91. The molecule has 0 fully saturated rings. The maximum absolute atomic E-state index is 10.5. The average molecular weight is 183 g/mol. The zero-order chi connectivity index (χ0) is 9.84. The lowest BCUT2D eigenvalue weighted by atomic mass is 10.0. The number of hydrogen-bond donors (Lipinski definition) is 2. The third-order valence-corrected chi connectivity index (χ3v) is 1.98. The largest absolute Gasteiger partial charge is 0.481 e. The summed E-state index contributed by atoms with van der Waals surface area (Å²) in [5, 5.41) is 12.6. The highest BCUT2D eigenvalue weighted by Crippen LogP contribution is 2.16. The van der Waals surface area contributed by atoms with Crippen LogP contribution in [0.25, 0.3) is 0 Å². The van der Waals surface area contributed by atoms with Crippen molar-refractivity contribution in [2.24, 2.45) is 12.8 Å². The van der Waals surface area contributed by atoms with Gasteiger partial charge in [-0.15, -0.1) is 0 Å². The Labute approximate surface area is 76.2 Å². The minimum absolute atomic E-state index is 0.0516. The summed E-state index contributed by atoms with van der Waals surface area (Å²) in [4.78, 5) is 10.5. The fourth-order valence-corrected chi connectivity index (χ4v) is 1.30. The molecule has 5 heteroatoms. The van der Waals surface area contributed by atoms with Crippen LogP contribution in [-0.4, -0.2) is 27.4 Å². The van der Waals surface area contributed by atoms with Gasteiger partial charge in [0.25, 0.3) is 0 Å². The van der Waals surface area contributed by atoms with Gasteiger partial charge in [-0.05, 0) is 6.07 Å². The van der Waals surface area contributed by atoms with Crippen LogP contribution in [0, 0.1) is 0 Å². The van der Waals surface area contributed by atoms with Gasteiger partial charge in [-0.3, -0.25) is 9.48 Å². The van der Waals surface area contributed by atoms with E-state index in [1.165, 1.54) is 0 Å². The van der Waals surface area contributed by atoms with E-state index in [-0.39, 0.29) is 12.3 Å². The maximum Gasteiger partial charge on any atom is 0.304 e. The summed E-state index contributed by atoms with van der Waals surface area (Å²) in [5.41, 5.74) is 6.34. The molecule has 1 unspecified atom stereocenters.